The first kappa shape index (κ1) is 31.2. The number of amides is 2. The van der Waals surface area contributed by atoms with Crippen molar-refractivity contribution in [2.45, 2.75) is 71.5 Å². The molecule has 0 fully saturated rings. The number of nitrogens with zero attached hydrogens (tertiary/aromatic N) is 2. The van der Waals surface area contributed by atoms with Crippen LogP contribution in [0.15, 0.2) is 71.6 Å². The number of sulfonamides is 1. The average Bonchev–Trinajstić information content (AvgIpc) is 2.87. The van der Waals surface area contributed by atoms with Crippen LogP contribution in [-0.2, 0) is 26.2 Å². The lowest BCUT2D eigenvalue weighted by molar-refractivity contribution is -0.140. The third kappa shape index (κ3) is 7.43. The molecule has 0 aromatic heterocycles. The van der Waals surface area contributed by atoms with Crippen LogP contribution in [-0.4, -0.2) is 43.3 Å². The van der Waals surface area contributed by atoms with E-state index in [0.29, 0.717) is 16.3 Å². The van der Waals surface area contributed by atoms with E-state index in [2.05, 4.69) is 5.32 Å². The lowest BCUT2D eigenvalue weighted by atomic mass is 10.1. The first-order valence-electron chi connectivity index (χ1n) is 13.1. The monoisotopic (exact) mass is 583 g/mol. The second kappa shape index (κ2) is 12.4. The van der Waals surface area contributed by atoms with Crippen LogP contribution in [0.5, 0.6) is 0 Å². The molecule has 0 saturated heterocycles. The molecule has 9 heteroatoms. The molecule has 0 bridgehead atoms. The molecule has 0 saturated carbocycles. The predicted molar refractivity (Wildman–Crippen MR) is 161 cm³/mol. The molecule has 0 aliphatic heterocycles. The highest BCUT2D eigenvalue weighted by atomic mass is 35.5. The van der Waals surface area contributed by atoms with Gasteiger partial charge in [-0.2, -0.15) is 0 Å². The molecule has 214 valence electrons. The van der Waals surface area contributed by atoms with Crippen LogP contribution in [0.25, 0.3) is 0 Å². The largest absolute Gasteiger partial charge is 0.350 e. The summed E-state index contributed by atoms with van der Waals surface area (Å²) in [6.07, 6.45) is 0. The third-order valence-corrected chi connectivity index (χ3v) is 8.85. The molecule has 3 aromatic rings. The summed E-state index contributed by atoms with van der Waals surface area (Å²) >= 11 is 6.38. The summed E-state index contributed by atoms with van der Waals surface area (Å²) in [4.78, 5) is 28.8. The van der Waals surface area contributed by atoms with Gasteiger partial charge in [0.25, 0.3) is 10.0 Å². The van der Waals surface area contributed by atoms with Gasteiger partial charge in [-0.25, -0.2) is 8.42 Å². The van der Waals surface area contributed by atoms with E-state index in [1.807, 2.05) is 58.9 Å². The number of aryl methyl sites for hydroxylation is 2. The lowest BCUT2D eigenvalue weighted by Gasteiger charge is -2.34. The molecule has 0 aliphatic rings. The van der Waals surface area contributed by atoms with Crippen molar-refractivity contribution >= 4 is 39.1 Å². The van der Waals surface area contributed by atoms with Crippen LogP contribution in [0, 0.1) is 20.8 Å². The van der Waals surface area contributed by atoms with Gasteiger partial charge in [0.1, 0.15) is 12.6 Å². The number of halogens is 1. The van der Waals surface area contributed by atoms with Gasteiger partial charge in [0.15, 0.2) is 0 Å². The molecule has 3 aromatic carbocycles. The smallest absolute Gasteiger partial charge is 0.264 e. The zero-order valence-corrected chi connectivity index (χ0v) is 25.7. The van der Waals surface area contributed by atoms with Crippen LogP contribution in [0.2, 0.25) is 5.02 Å². The fourth-order valence-electron chi connectivity index (χ4n) is 4.24. The first-order chi connectivity index (χ1) is 18.6. The van der Waals surface area contributed by atoms with Gasteiger partial charge in [0.05, 0.1) is 10.6 Å². The maximum absolute atomic E-state index is 14.1. The molecule has 0 unspecified atom stereocenters. The van der Waals surface area contributed by atoms with E-state index in [1.165, 1.54) is 17.0 Å². The summed E-state index contributed by atoms with van der Waals surface area (Å²) in [6.45, 7) is 12.4. The normalized spacial score (nSPS) is 12.5. The molecule has 1 atom stereocenters. The molecule has 0 spiro atoms. The fourth-order valence-corrected chi connectivity index (χ4v) is 5.89. The van der Waals surface area contributed by atoms with Crippen molar-refractivity contribution < 1.29 is 18.0 Å². The summed E-state index contributed by atoms with van der Waals surface area (Å²) < 4.78 is 29.1. The standard InChI is InChI=1S/C31H38ClN3O4S/c1-21-15-17-26(18-16-21)40(38,39)35(28-14-10-13-27(32)23(28)3)20-29(36)34(19-25-12-9-8-11-22(25)2)24(4)30(37)33-31(5,6)7/h8-18,24H,19-20H2,1-7H3,(H,33,37)/t24-/m0/s1. The van der Waals surface area contributed by atoms with Gasteiger partial charge in [0, 0.05) is 17.1 Å². The predicted octanol–water partition coefficient (Wildman–Crippen LogP) is 5.79. The minimum Gasteiger partial charge on any atom is -0.350 e. The first-order valence-corrected chi connectivity index (χ1v) is 14.9. The van der Waals surface area contributed by atoms with Crippen LogP contribution in [0.4, 0.5) is 5.69 Å². The number of anilines is 1. The van der Waals surface area contributed by atoms with Gasteiger partial charge in [-0.05, 0) is 89.4 Å². The van der Waals surface area contributed by atoms with Gasteiger partial charge < -0.3 is 10.2 Å². The molecule has 1 N–H and O–H groups in total. The summed E-state index contributed by atoms with van der Waals surface area (Å²) in [5.41, 5.74) is 3.03. The Morgan fingerprint density at radius 1 is 0.925 bits per heavy atom. The van der Waals surface area contributed by atoms with Crippen molar-refractivity contribution in [1.29, 1.82) is 0 Å². The molecule has 2 amide bonds. The van der Waals surface area contributed by atoms with E-state index in [-0.39, 0.29) is 17.3 Å². The van der Waals surface area contributed by atoms with Crippen molar-refractivity contribution in [2.75, 3.05) is 10.8 Å². The van der Waals surface area contributed by atoms with Crippen molar-refractivity contribution in [3.63, 3.8) is 0 Å². The third-order valence-electron chi connectivity index (χ3n) is 6.66. The SMILES string of the molecule is Cc1ccc(S(=O)(=O)N(CC(=O)N(Cc2ccccc2C)[C@@H](C)C(=O)NC(C)(C)C)c2cccc(Cl)c2C)cc1. The van der Waals surface area contributed by atoms with Crippen LogP contribution in [0.3, 0.4) is 0 Å². The molecule has 3 rings (SSSR count). The number of nitrogens with one attached hydrogen (secondary N) is 1. The molecule has 40 heavy (non-hydrogen) atoms. The van der Waals surface area contributed by atoms with E-state index in [4.69, 9.17) is 11.6 Å². The van der Waals surface area contributed by atoms with E-state index in [1.54, 1.807) is 44.2 Å². The summed E-state index contributed by atoms with van der Waals surface area (Å²) in [6, 6.07) is 18.1. The Morgan fingerprint density at radius 2 is 1.55 bits per heavy atom. The second-order valence-electron chi connectivity index (χ2n) is 11.1. The van der Waals surface area contributed by atoms with Gasteiger partial charge in [-0.3, -0.25) is 13.9 Å². The number of carbonyl (C=O) groups excluding carboxylic acids is 2. The highest BCUT2D eigenvalue weighted by Crippen LogP contribution is 2.31. The Bertz CT molecular complexity index is 1480. The number of carbonyl (C=O) groups is 2. The number of hydrogen-bond acceptors (Lipinski definition) is 4. The van der Waals surface area contributed by atoms with Gasteiger partial charge in [0.2, 0.25) is 11.8 Å². The zero-order valence-electron chi connectivity index (χ0n) is 24.2. The van der Waals surface area contributed by atoms with Crippen LogP contribution in [0.1, 0.15) is 49.9 Å². The van der Waals surface area contributed by atoms with E-state index >= 15 is 0 Å². The van der Waals surface area contributed by atoms with Crippen molar-refractivity contribution in [3.05, 3.63) is 94.0 Å². The summed E-state index contributed by atoms with van der Waals surface area (Å²) in [7, 11) is -4.17. The quantitative estimate of drug-likeness (QED) is 0.345. The van der Waals surface area contributed by atoms with Gasteiger partial charge in [-0.1, -0.05) is 59.6 Å². The maximum atomic E-state index is 14.1. The van der Waals surface area contributed by atoms with Gasteiger partial charge in [-0.15, -0.1) is 0 Å². The minimum atomic E-state index is -4.17. The second-order valence-corrected chi connectivity index (χ2v) is 13.3. The number of rotatable bonds is 9. The molecule has 0 heterocycles. The highest BCUT2D eigenvalue weighted by molar-refractivity contribution is 7.92. The lowest BCUT2D eigenvalue weighted by Crippen LogP contribution is -2.54. The van der Waals surface area contributed by atoms with E-state index in [9.17, 15) is 18.0 Å². The summed E-state index contributed by atoms with van der Waals surface area (Å²) in [5.74, 6) is -0.851. The Hall–Kier alpha value is -3.36. The summed E-state index contributed by atoms with van der Waals surface area (Å²) in [5, 5.41) is 3.31. The molecular formula is C31H38ClN3O4S. The van der Waals surface area contributed by atoms with Gasteiger partial charge >= 0.3 is 0 Å². The average molecular weight is 584 g/mol. The maximum Gasteiger partial charge on any atom is 0.264 e. The molecule has 0 aliphatic carbocycles. The van der Waals surface area contributed by atoms with Crippen molar-refractivity contribution in [2.24, 2.45) is 0 Å². The Kier molecular flexibility index (Phi) is 9.69. The van der Waals surface area contributed by atoms with Crippen molar-refractivity contribution in [1.82, 2.24) is 10.2 Å². The number of hydrogen-bond donors (Lipinski definition) is 1. The van der Waals surface area contributed by atoms with Crippen LogP contribution < -0.4 is 9.62 Å². The van der Waals surface area contributed by atoms with E-state index in [0.717, 1.165) is 21.0 Å². The zero-order chi connectivity index (χ0) is 29.8. The Balaban J connectivity index is 2.09. The highest BCUT2D eigenvalue weighted by Gasteiger charge is 2.34. The number of benzene rings is 3. The molecular weight excluding hydrogens is 546 g/mol. The van der Waals surface area contributed by atoms with Crippen molar-refractivity contribution in [3.8, 4) is 0 Å². The minimum absolute atomic E-state index is 0.0502. The topological polar surface area (TPSA) is 86.8 Å². The molecule has 0 radical (unpaired) electrons. The Morgan fingerprint density at radius 3 is 2.15 bits per heavy atom. The van der Waals surface area contributed by atoms with E-state index < -0.39 is 34.1 Å². The molecule has 7 nitrogen and oxygen atoms in total. The van der Waals surface area contributed by atoms with Crippen LogP contribution >= 0.6 is 11.6 Å². The fraction of sp³-hybridized carbons (Fsp3) is 0.355. The Labute approximate surface area is 243 Å².